The second-order valence-electron chi connectivity index (χ2n) is 7.44. The molecular weight excluding hydrogens is 276 g/mol. The van der Waals surface area contributed by atoms with Gasteiger partial charge in [0.25, 0.3) is 0 Å². The van der Waals surface area contributed by atoms with Crippen LogP contribution in [0.5, 0.6) is 0 Å². The van der Waals surface area contributed by atoms with Gasteiger partial charge < -0.3 is 4.74 Å². The van der Waals surface area contributed by atoms with Crippen LogP contribution in [0.1, 0.15) is 38.2 Å². The van der Waals surface area contributed by atoms with E-state index in [9.17, 15) is 4.79 Å². The van der Waals surface area contributed by atoms with Crippen molar-refractivity contribution in [1.29, 1.82) is 0 Å². The molecule has 3 heterocycles. The Morgan fingerprint density at radius 3 is 2.55 bits per heavy atom. The molecule has 4 bridgehead atoms. The second-order valence-corrected chi connectivity index (χ2v) is 7.44. The number of hydrogen-bond donors (Lipinski definition) is 2. The minimum absolute atomic E-state index is 0.0897. The topological polar surface area (TPSA) is 50.4 Å². The molecule has 5 aliphatic rings. The highest BCUT2D eigenvalue weighted by molar-refractivity contribution is 5.85. The van der Waals surface area contributed by atoms with E-state index in [0.29, 0.717) is 23.7 Å². The summed E-state index contributed by atoms with van der Waals surface area (Å²) < 4.78 is 6.03. The molecule has 0 unspecified atom stereocenters. The summed E-state index contributed by atoms with van der Waals surface area (Å²) in [7, 11) is 0. The Balaban J connectivity index is 1.71. The highest BCUT2D eigenvalue weighted by atomic mass is 16.6. The van der Waals surface area contributed by atoms with Crippen molar-refractivity contribution in [3.63, 3.8) is 0 Å². The van der Waals surface area contributed by atoms with Gasteiger partial charge >= 0.3 is 5.97 Å². The summed E-state index contributed by atoms with van der Waals surface area (Å²) in [4.78, 5) is 13.0. The molecule has 116 valence electrons. The van der Waals surface area contributed by atoms with Crippen LogP contribution in [0.4, 0.5) is 0 Å². The predicted molar refractivity (Wildman–Crippen MR) is 81.3 cm³/mol. The first-order valence-corrected chi connectivity index (χ1v) is 8.54. The number of carbonyl (C=O) groups is 1. The average Bonchev–Trinajstić information content (AvgIpc) is 3.19. The highest BCUT2D eigenvalue weighted by Gasteiger charge is 2.73. The lowest BCUT2D eigenvalue weighted by molar-refractivity contribution is -0.251. The van der Waals surface area contributed by atoms with Gasteiger partial charge in [-0.25, -0.2) is 15.6 Å². The van der Waals surface area contributed by atoms with E-state index in [0.717, 1.165) is 12.0 Å². The monoisotopic (exact) mass is 298 g/mol. The first kappa shape index (κ1) is 13.1. The zero-order chi connectivity index (χ0) is 14.9. The summed E-state index contributed by atoms with van der Waals surface area (Å²) in [6, 6.07) is 10.1. The maximum atomic E-state index is 13.0. The van der Waals surface area contributed by atoms with E-state index in [-0.39, 0.29) is 5.97 Å². The molecule has 5 fully saturated rings. The molecule has 2 aliphatic carbocycles. The van der Waals surface area contributed by atoms with Gasteiger partial charge in [-0.1, -0.05) is 37.3 Å². The Morgan fingerprint density at radius 2 is 1.86 bits per heavy atom. The number of benzene rings is 1. The summed E-state index contributed by atoms with van der Waals surface area (Å²) in [6.07, 6.45) is 4.62. The van der Waals surface area contributed by atoms with Gasteiger partial charge in [0, 0.05) is 11.8 Å². The Labute approximate surface area is 130 Å². The number of hydrogen-bond acceptors (Lipinski definition) is 4. The molecule has 2 saturated carbocycles. The number of fused-ring (bicyclic) bond motifs is 4. The molecule has 0 radical (unpaired) electrons. The lowest BCUT2D eigenvalue weighted by Gasteiger charge is -2.62. The molecule has 4 heteroatoms. The Hall–Kier alpha value is -1.39. The van der Waals surface area contributed by atoms with Crippen LogP contribution in [-0.2, 0) is 15.1 Å². The third-order valence-electron chi connectivity index (χ3n) is 6.78. The smallest absolute Gasteiger partial charge is 0.334 e. The Bertz CT molecular complexity index is 633. The number of ether oxygens (including phenoxy) is 1. The van der Waals surface area contributed by atoms with Crippen LogP contribution in [0.3, 0.4) is 0 Å². The van der Waals surface area contributed by atoms with Crippen LogP contribution in [0, 0.1) is 23.7 Å². The molecule has 1 aromatic carbocycles. The third kappa shape index (κ3) is 1.30. The molecule has 3 saturated heterocycles. The first-order valence-electron chi connectivity index (χ1n) is 8.54. The molecule has 3 aliphatic heterocycles. The van der Waals surface area contributed by atoms with Crippen molar-refractivity contribution >= 4 is 5.97 Å². The number of hydrazine groups is 1. The van der Waals surface area contributed by atoms with Crippen LogP contribution in [-0.4, -0.2) is 11.7 Å². The third-order valence-corrected chi connectivity index (χ3v) is 6.78. The summed E-state index contributed by atoms with van der Waals surface area (Å²) >= 11 is 0. The van der Waals surface area contributed by atoms with E-state index in [4.69, 9.17) is 4.74 Å². The van der Waals surface area contributed by atoms with Crippen molar-refractivity contribution in [3.8, 4) is 0 Å². The molecule has 2 N–H and O–H groups in total. The van der Waals surface area contributed by atoms with Crippen molar-refractivity contribution in [1.82, 2.24) is 10.9 Å². The molecule has 0 spiro atoms. The predicted octanol–water partition coefficient (Wildman–Crippen LogP) is 2.32. The molecule has 1 aromatic rings. The molecule has 0 amide bonds. The van der Waals surface area contributed by atoms with Gasteiger partial charge in [0.1, 0.15) is 0 Å². The van der Waals surface area contributed by atoms with Crippen LogP contribution < -0.4 is 10.9 Å². The summed E-state index contributed by atoms with van der Waals surface area (Å²) in [5.74, 6) is 2.05. The maximum Gasteiger partial charge on any atom is 0.334 e. The number of nitrogens with one attached hydrogen (secondary N) is 2. The van der Waals surface area contributed by atoms with Gasteiger partial charge in [0.2, 0.25) is 0 Å². The van der Waals surface area contributed by atoms with Crippen LogP contribution in [0.15, 0.2) is 30.3 Å². The summed E-state index contributed by atoms with van der Waals surface area (Å²) in [5.41, 5.74) is 6.67. The van der Waals surface area contributed by atoms with Crippen LogP contribution >= 0.6 is 0 Å². The van der Waals surface area contributed by atoms with Crippen LogP contribution in [0.2, 0.25) is 0 Å². The number of carbonyl (C=O) groups excluding carboxylic acids is 1. The van der Waals surface area contributed by atoms with Crippen molar-refractivity contribution in [2.75, 3.05) is 0 Å². The quantitative estimate of drug-likeness (QED) is 0.823. The zero-order valence-corrected chi connectivity index (χ0v) is 12.8. The molecule has 6 atom stereocenters. The van der Waals surface area contributed by atoms with E-state index in [1.807, 2.05) is 18.2 Å². The second kappa shape index (κ2) is 4.12. The average molecular weight is 298 g/mol. The van der Waals surface area contributed by atoms with Crippen molar-refractivity contribution in [2.45, 2.75) is 43.9 Å². The van der Waals surface area contributed by atoms with Crippen molar-refractivity contribution < 1.29 is 9.53 Å². The Morgan fingerprint density at radius 1 is 1.14 bits per heavy atom. The molecule has 6 rings (SSSR count). The summed E-state index contributed by atoms with van der Waals surface area (Å²) in [5, 5.41) is 0. The normalized spacial score (nSPS) is 48.3. The molecular formula is C18H22N2O2. The zero-order valence-electron chi connectivity index (χ0n) is 12.8. The lowest BCUT2D eigenvalue weighted by Crippen LogP contribution is -2.82. The molecule has 4 nitrogen and oxygen atoms in total. The fourth-order valence-electron chi connectivity index (χ4n) is 5.96. The standard InChI is InChI=1S/C18H22N2O2/c1-2-17-14-11-8-9-12(10-11)15(14)18(20-19-17,16(21)22-17)13-6-4-3-5-7-13/h3-7,11-12,14-15,19-20H,2,8-10H2,1H3/t11-,12-,14-,15+,17+,18+/m0/s1. The van der Waals surface area contributed by atoms with Gasteiger partial charge in [-0.15, -0.1) is 0 Å². The maximum absolute atomic E-state index is 13.0. The minimum atomic E-state index is -0.706. The van der Waals surface area contributed by atoms with Crippen LogP contribution in [0.25, 0.3) is 0 Å². The Kier molecular flexibility index (Phi) is 2.45. The van der Waals surface area contributed by atoms with E-state index < -0.39 is 11.3 Å². The number of esters is 1. The number of rotatable bonds is 2. The van der Waals surface area contributed by atoms with Crippen molar-refractivity contribution in [2.24, 2.45) is 23.7 Å². The van der Waals surface area contributed by atoms with E-state index in [1.54, 1.807) is 0 Å². The fraction of sp³-hybridized carbons (Fsp3) is 0.611. The van der Waals surface area contributed by atoms with Gasteiger partial charge in [0.15, 0.2) is 11.3 Å². The fourth-order valence-corrected chi connectivity index (χ4v) is 5.96. The largest absolute Gasteiger partial charge is 0.441 e. The van der Waals surface area contributed by atoms with Gasteiger partial charge in [-0.05, 0) is 43.1 Å². The highest BCUT2D eigenvalue weighted by Crippen LogP contribution is 2.65. The molecule has 0 aromatic heterocycles. The minimum Gasteiger partial charge on any atom is -0.441 e. The first-order chi connectivity index (χ1) is 10.7. The lowest BCUT2D eigenvalue weighted by atomic mass is 9.59. The van der Waals surface area contributed by atoms with E-state index >= 15 is 0 Å². The summed E-state index contributed by atoms with van der Waals surface area (Å²) in [6.45, 7) is 2.12. The van der Waals surface area contributed by atoms with E-state index in [1.165, 1.54) is 19.3 Å². The SMILES string of the molecule is CC[C@@]12NN[C@@](c3ccccc3)(C(=O)O1)[C@@H]1[C@H]3CC[C@@H](C3)[C@@H]12. The van der Waals surface area contributed by atoms with Gasteiger partial charge in [-0.2, -0.15) is 0 Å². The van der Waals surface area contributed by atoms with Gasteiger partial charge in [-0.3, -0.25) is 0 Å². The molecule has 22 heavy (non-hydrogen) atoms. The van der Waals surface area contributed by atoms with E-state index in [2.05, 4.69) is 29.9 Å². The van der Waals surface area contributed by atoms with Crippen molar-refractivity contribution in [3.05, 3.63) is 35.9 Å². The van der Waals surface area contributed by atoms with Gasteiger partial charge in [0.05, 0.1) is 0 Å².